The van der Waals surface area contributed by atoms with Crippen molar-refractivity contribution in [3.8, 4) is 5.75 Å². The van der Waals surface area contributed by atoms with Crippen molar-refractivity contribution < 1.29 is 14.3 Å². The number of benzene rings is 3. The first-order valence-electron chi connectivity index (χ1n) is 10.2. The van der Waals surface area contributed by atoms with E-state index in [9.17, 15) is 14.4 Å². The fourth-order valence-corrected chi connectivity index (χ4v) is 4.16. The first kappa shape index (κ1) is 19.1. The minimum atomic E-state index is -0.441. The van der Waals surface area contributed by atoms with Crippen LogP contribution in [0.25, 0.3) is 21.8 Å². The molecule has 0 spiro atoms. The highest BCUT2D eigenvalue weighted by Crippen LogP contribution is 2.24. The molecule has 5 rings (SSSR count). The number of fused-ring (bicyclic) bond motifs is 2. The van der Waals surface area contributed by atoms with Crippen LogP contribution in [0.1, 0.15) is 12.8 Å². The molecule has 0 aliphatic carbocycles. The van der Waals surface area contributed by atoms with E-state index in [2.05, 4.69) is 0 Å². The Kier molecular flexibility index (Phi) is 4.75. The van der Waals surface area contributed by atoms with Crippen LogP contribution in [0.5, 0.6) is 5.75 Å². The number of rotatable bonds is 4. The molecule has 2 heterocycles. The van der Waals surface area contributed by atoms with Crippen molar-refractivity contribution in [1.82, 2.24) is 4.57 Å². The van der Waals surface area contributed by atoms with E-state index in [4.69, 9.17) is 4.74 Å². The Hall–Kier alpha value is -3.93. The summed E-state index contributed by atoms with van der Waals surface area (Å²) < 4.78 is 7.36. The second-order valence-electron chi connectivity index (χ2n) is 7.57. The van der Waals surface area contributed by atoms with Gasteiger partial charge in [0.25, 0.3) is 0 Å². The van der Waals surface area contributed by atoms with Crippen LogP contribution < -0.4 is 15.1 Å². The molecule has 0 bridgehead atoms. The van der Waals surface area contributed by atoms with Crippen molar-refractivity contribution in [1.29, 1.82) is 0 Å². The summed E-state index contributed by atoms with van der Waals surface area (Å²) in [5.41, 5.74) is 2.12. The molecule has 1 aromatic heterocycles. The third-order valence-corrected chi connectivity index (χ3v) is 5.62. The molecule has 1 amide bonds. The van der Waals surface area contributed by atoms with E-state index in [1.54, 1.807) is 41.3 Å². The zero-order chi connectivity index (χ0) is 21.4. The zero-order valence-corrected chi connectivity index (χ0v) is 16.8. The summed E-state index contributed by atoms with van der Waals surface area (Å²) in [4.78, 5) is 39.2. The standard InChI is InChI=1S/C25H20N2O4/c28-23-10-5-15-26(23)17-11-13-18(14-12-17)31-24(29)16-27-21-8-3-1-6-19(21)25(30)20-7-2-4-9-22(20)27/h1-4,6-9,11-14H,5,10,15-16H2. The Morgan fingerprint density at radius 2 is 1.45 bits per heavy atom. The van der Waals surface area contributed by atoms with Crippen molar-refractivity contribution in [2.24, 2.45) is 0 Å². The molecule has 6 nitrogen and oxygen atoms in total. The number of ether oxygens (including phenoxy) is 1. The molecule has 1 saturated heterocycles. The van der Waals surface area contributed by atoms with Gasteiger partial charge in [0.1, 0.15) is 12.3 Å². The van der Waals surface area contributed by atoms with Crippen molar-refractivity contribution in [2.75, 3.05) is 11.4 Å². The second-order valence-corrected chi connectivity index (χ2v) is 7.57. The van der Waals surface area contributed by atoms with E-state index in [0.717, 1.165) is 12.1 Å². The number of hydrogen-bond acceptors (Lipinski definition) is 4. The van der Waals surface area contributed by atoms with Gasteiger partial charge in [-0.05, 0) is 55.0 Å². The van der Waals surface area contributed by atoms with Crippen LogP contribution in [0.2, 0.25) is 0 Å². The van der Waals surface area contributed by atoms with Gasteiger partial charge in [-0.1, -0.05) is 24.3 Å². The van der Waals surface area contributed by atoms with Crippen molar-refractivity contribution in [3.05, 3.63) is 83.0 Å². The zero-order valence-electron chi connectivity index (χ0n) is 16.8. The average molecular weight is 412 g/mol. The third kappa shape index (κ3) is 3.46. The fraction of sp³-hybridized carbons (Fsp3) is 0.160. The van der Waals surface area contributed by atoms with Gasteiger partial charge in [-0.2, -0.15) is 0 Å². The van der Waals surface area contributed by atoms with Crippen LogP contribution in [0, 0.1) is 0 Å². The van der Waals surface area contributed by atoms with E-state index in [-0.39, 0.29) is 17.9 Å². The number of carbonyl (C=O) groups excluding carboxylic acids is 2. The molecular formula is C25H20N2O4. The Morgan fingerprint density at radius 1 is 0.839 bits per heavy atom. The Morgan fingerprint density at radius 3 is 2.03 bits per heavy atom. The summed E-state index contributed by atoms with van der Waals surface area (Å²) in [7, 11) is 0. The Bertz CT molecular complexity index is 1310. The largest absolute Gasteiger partial charge is 0.425 e. The molecule has 1 aliphatic rings. The first-order valence-corrected chi connectivity index (χ1v) is 10.2. The highest BCUT2D eigenvalue weighted by Gasteiger charge is 2.21. The minimum Gasteiger partial charge on any atom is -0.425 e. The van der Waals surface area contributed by atoms with Crippen molar-refractivity contribution >= 4 is 39.4 Å². The lowest BCUT2D eigenvalue weighted by molar-refractivity contribution is -0.134. The molecule has 4 aromatic rings. The quantitative estimate of drug-likeness (QED) is 0.290. The second kappa shape index (κ2) is 7.72. The van der Waals surface area contributed by atoms with Gasteiger partial charge < -0.3 is 14.2 Å². The highest BCUT2D eigenvalue weighted by molar-refractivity contribution is 5.96. The van der Waals surface area contributed by atoms with Crippen molar-refractivity contribution in [3.63, 3.8) is 0 Å². The molecular weight excluding hydrogens is 392 g/mol. The van der Waals surface area contributed by atoms with E-state index in [1.807, 2.05) is 41.0 Å². The van der Waals surface area contributed by atoms with E-state index >= 15 is 0 Å². The number of nitrogens with zero attached hydrogens (tertiary/aromatic N) is 2. The normalized spacial score (nSPS) is 13.8. The maximum atomic E-state index is 12.8. The number of hydrogen-bond donors (Lipinski definition) is 0. The van der Waals surface area contributed by atoms with E-state index in [1.165, 1.54) is 0 Å². The predicted molar refractivity (Wildman–Crippen MR) is 119 cm³/mol. The number of esters is 1. The van der Waals surface area contributed by atoms with Crippen LogP contribution >= 0.6 is 0 Å². The predicted octanol–water partition coefficient (Wildman–Crippen LogP) is 3.89. The van der Waals surface area contributed by atoms with Gasteiger partial charge in [0.05, 0.1) is 11.0 Å². The van der Waals surface area contributed by atoms with Gasteiger partial charge in [-0.15, -0.1) is 0 Å². The molecule has 3 aromatic carbocycles. The van der Waals surface area contributed by atoms with Crippen LogP contribution in [-0.2, 0) is 16.1 Å². The molecule has 0 radical (unpaired) electrons. The van der Waals surface area contributed by atoms with Crippen LogP contribution in [-0.4, -0.2) is 23.0 Å². The van der Waals surface area contributed by atoms with Crippen LogP contribution in [0.4, 0.5) is 5.69 Å². The molecule has 1 fully saturated rings. The van der Waals surface area contributed by atoms with E-state index < -0.39 is 5.97 Å². The number of amides is 1. The Balaban J connectivity index is 1.43. The van der Waals surface area contributed by atoms with Gasteiger partial charge >= 0.3 is 5.97 Å². The molecule has 0 unspecified atom stereocenters. The average Bonchev–Trinajstić information content (AvgIpc) is 3.23. The molecule has 0 N–H and O–H groups in total. The van der Waals surface area contributed by atoms with E-state index in [0.29, 0.717) is 40.5 Å². The molecule has 0 atom stereocenters. The van der Waals surface area contributed by atoms with Crippen molar-refractivity contribution in [2.45, 2.75) is 19.4 Å². The monoisotopic (exact) mass is 412 g/mol. The van der Waals surface area contributed by atoms with Gasteiger partial charge in [0.2, 0.25) is 5.91 Å². The summed E-state index contributed by atoms with van der Waals surface area (Å²) >= 11 is 0. The molecule has 154 valence electrons. The summed E-state index contributed by atoms with van der Waals surface area (Å²) in [5, 5.41) is 1.13. The first-order chi connectivity index (χ1) is 15.1. The van der Waals surface area contributed by atoms with Gasteiger partial charge in [0.15, 0.2) is 5.43 Å². The maximum Gasteiger partial charge on any atom is 0.331 e. The highest BCUT2D eigenvalue weighted by atomic mass is 16.5. The summed E-state index contributed by atoms with van der Waals surface area (Å²) in [6, 6.07) is 21.5. The van der Waals surface area contributed by atoms with Crippen LogP contribution in [0.3, 0.4) is 0 Å². The molecule has 6 heteroatoms. The smallest absolute Gasteiger partial charge is 0.331 e. The third-order valence-electron chi connectivity index (χ3n) is 5.62. The minimum absolute atomic E-state index is 0.0341. The summed E-state index contributed by atoms with van der Waals surface area (Å²) in [6.07, 6.45) is 1.43. The molecule has 0 saturated carbocycles. The topological polar surface area (TPSA) is 68.6 Å². The number of para-hydroxylation sites is 2. The summed E-state index contributed by atoms with van der Waals surface area (Å²) in [6.45, 7) is 0.679. The Labute approximate surface area is 178 Å². The number of carbonyl (C=O) groups is 2. The number of pyridine rings is 1. The number of aromatic nitrogens is 1. The summed E-state index contributed by atoms with van der Waals surface area (Å²) in [5.74, 6) is 0.0840. The van der Waals surface area contributed by atoms with Gasteiger partial charge in [0, 0.05) is 29.4 Å². The fourth-order valence-electron chi connectivity index (χ4n) is 4.16. The number of anilines is 1. The maximum absolute atomic E-state index is 12.8. The van der Waals surface area contributed by atoms with Gasteiger partial charge in [-0.3, -0.25) is 9.59 Å². The molecule has 1 aliphatic heterocycles. The van der Waals surface area contributed by atoms with Crippen LogP contribution in [0.15, 0.2) is 77.6 Å². The SMILES string of the molecule is O=C(Cn1c2ccccc2c(=O)c2ccccc21)Oc1ccc(N2CCCC2=O)cc1. The van der Waals surface area contributed by atoms with Gasteiger partial charge in [-0.25, -0.2) is 4.79 Å². The molecule has 31 heavy (non-hydrogen) atoms. The lowest BCUT2D eigenvalue weighted by Gasteiger charge is -2.16. The lowest BCUT2D eigenvalue weighted by Crippen LogP contribution is -2.23. The lowest BCUT2D eigenvalue weighted by atomic mass is 10.1.